The van der Waals surface area contributed by atoms with Gasteiger partial charge in [-0.2, -0.15) is 0 Å². The summed E-state index contributed by atoms with van der Waals surface area (Å²) in [5.74, 6) is 1.46. The Morgan fingerprint density at radius 3 is 2.89 bits per heavy atom. The van der Waals surface area contributed by atoms with Gasteiger partial charge in [0.2, 0.25) is 0 Å². The van der Waals surface area contributed by atoms with Crippen LogP contribution in [0.15, 0.2) is 35.8 Å². The average molecular weight is 414 g/mol. The van der Waals surface area contributed by atoms with Crippen molar-refractivity contribution < 1.29 is 14.3 Å². The zero-order valence-corrected chi connectivity index (χ0v) is 17.2. The smallest absolute Gasteiger partial charge is 0.264 e. The van der Waals surface area contributed by atoms with Gasteiger partial charge in [-0.15, -0.1) is 22.7 Å². The highest BCUT2D eigenvalue weighted by atomic mass is 32.1. The fourth-order valence-corrected chi connectivity index (χ4v) is 5.67. The molecule has 144 valence electrons. The van der Waals surface area contributed by atoms with E-state index in [1.165, 1.54) is 11.3 Å². The number of nitrogens with zero attached hydrogens (tertiary/aromatic N) is 3. The highest BCUT2D eigenvalue weighted by Crippen LogP contribution is 2.39. The van der Waals surface area contributed by atoms with E-state index in [9.17, 15) is 4.79 Å². The molecule has 1 amide bonds. The number of thiazole rings is 1. The van der Waals surface area contributed by atoms with Gasteiger partial charge in [-0.3, -0.25) is 9.20 Å². The zero-order valence-electron chi connectivity index (χ0n) is 15.5. The van der Waals surface area contributed by atoms with Gasteiger partial charge in [0, 0.05) is 18.1 Å². The Morgan fingerprint density at radius 1 is 1.21 bits per heavy atom. The first kappa shape index (κ1) is 17.5. The zero-order chi connectivity index (χ0) is 19.3. The number of imidazole rings is 1. The van der Waals surface area contributed by atoms with Gasteiger partial charge in [0.1, 0.15) is 4.83 Å². The molecule has 1 aliphatic rings. The second kappa shape index (κ2) is 6.79. The average Bonchev–Trinajstić information content (AvgIpc) is 3.47. The molecular weight excluding hydrogens is 394 g/mol. The molecule has 4 aromatic rings. The van der Waals surface area contributed by atoms with E-state index < -0.39 is 0 Å². The van der Waals surface area contributed by atoms with Crippen LogP contribution < -0.4 is 9.47 Å². The number of aromatic nitrogens is 2. The maximum Gasteiger partial charge on any atom is 0.264 e. The predicted molar refractivity (Wildman–Crippen MR) is 111 cm³/mol. The summed E-state index contributed by atoms with van der Waals surface area (Å²) in [5.41, 5.74) is 2.08. The van der Waals surface area contributed by atoms with E-state index in [0.717, 1.165) is 45.1 Å². The van der Waals surface area contributed by atoms with Crippen molar-refractivity contribution in [2.75, 3.05) is 20.8 Å². The second-order valence-electron chi connectivity index (χ2n) is 6.74. The monoisotopic (exact) mass is 413 g/mol. The lowest BCUT2D eigenvalue weighted by molar-refractivity contribution is 0.0740. The Bertz CT molecular complexity index is 1180. The van der Waals surface area contributed by atoms with E-state index in [2.05, 4.69) is 4.98 Å². The molecule has 0 unspecified atom stereocenters. The van der Waals surface area contributed by atoms with Gasteiger partial charge in [-0.25, -0.2) is 4.98 Å². The number of thiophene rings is 1. The van der Waals surface area contributed by atoms with E-state index >= 15 is 0 Å². The molecule has 1 fully saturated rings. The lowest BCUT2D eigenvalue weighted by atomic mass is 10.0. The molecule has 0 aliphatic carbocycles. The molecule has 0 saturated carbocycles. The molecule has 1 atom stereocenters. The largest absolute Gasteiger partial charge is 0.493 e. The first-order valence-corrected chi connectivity index (χ1v) is 10.8. The quantitative estimate of drug-likeness (QED) is 0.490. The van der Waals surface area contributed by atoms with Crippen LogP contribution in [0.1, 0.15) is 34.1 Å². The van der Waals surface area contributed by atoms with Gasteiger partial charge in [0.15, 0.2) is 16.5 Å². The topological polar surface area (TPSA) is 56.1 Å². The van der Waals surface area contributed by atoms with Crippen molar-refractivity contribution in [3.63, 3.8) is 0 Å². The lowest BCUT2D eigenvalue weighted by Crippen LogP contribution is -2.30. The van der Waals surface area contributed by atoms with Crippen molar-refractivity contribution in [1.29, 1.82) is 0 Å². The number of likely N-dealkylation sites (tertiary alicyclic amines) is 1. The molecular formula is C20H19N3O3S2. The number of ether oxygens (including phenoxy) is 2. The van der Waals surface area contributed by atoms with Gasteiger partial charge in [0.05, 0.1) is 30.7 Å². The Labute approximate surface area is 169 Å². The van der Waals surface area contributed by atoms with E-state index in [4.69, 9.17) is 9.47 Å². The summed E-state index contributed by atoms with van der Waals surface area (Å²) in [6, 6.07) is 7.92. The molecule has 4 heterocycles. The molecule has 28 heavy (non-hydrogen) atoms. The fraction of sp³-hybridized carbons (Fsp3) is 0.300. The van der Waals surface area contributed by atoms with Gasteiger partial charge < -0.3 is 14.4 Å². The molecule has 1 aliphatic heterocycles. The number of hydrogen-bond acceptors (Lipinski definition) is 6. The Hall–Kier alpha value is -2.58. The number of methoxy groups -OCH3 is 2. The number of amides is 1. The maximum atomic E-state index is 13.3. The third-order valence-corrected chi connectivity index (χ3v) is 7.02. The van der Waals surface area contributed by atoms with Crippen molar-refractivity contribution in [2.24, 2.45) is 0 Å². The van der Waals surface area contributed by atoms with Gasteiger partial charge in [-0.05, 0) is 36.6 Å². The van der Waals surface area contributed by atoms with E-state index in [0.29, 0.717) is 11.5 Å². The summed E-state index contributed by atoms with van der Waals surface area (Å²) >= 11 is 3.07. The number of rotatable bonds is 4. The molecule has 0 bridgehead atoms. The van der Waals surface area contributed by atoms with Crippen LogP contribution in [0, 0.1) is 0 Å². The normalized spacial score (nSPS) is 16.9. The van der Waals surface area contributed by atoms with Crippen molar-refractivity contribution in [3.05, 3.63) is 46.3 Å². The van der Waals surface area contributed by atoms with Crippen molar-refractivity contribution in [1.82, 2.24) is 14.3 Å². The third-order valence-electron chi connectivity index (χ3n) is 5.26. The highest BCUT2D eigenvalue weighted by molar-refractivity contribution is 7.21. The number of hydrogen-bond donors (Lipinski definition) is 0. The SMILES string of the molecule is COc1ccc([C@H]2CCCN2C(=O)c2cc3c(nc4sccn43)s2)cc1OC. The molecule has 0 N–H and O–H groups in total. The van der Waals surface area contributed by atoms with Crippen LogP contribution in [0.4, 0.5) is 0 Å². The van der Waals surface area contributed by atoms with E-state index in [1.807, 2.05) is 45.1 Å². The van der Waals surface area contributed by atoms with Crippen LogP contribution in [0.3, 0.4) is 0 Å². The van der Waals surface area contributed by atoms with Crippen molar-refractivity contribution in [3.8, 4) is 11.5 Å². The number of fused-ring (bicyclic) bond motifs is 3. The highest BCUT2D eigenvalue weighted by Gasteiger charge is 2.32. The summed E-state index contributed by atoms with van der Waals surface area (Å²) < 4.78 is 12.8. The number of benzene rings is 1. The van der Waals surface area contributed by atoms with E-state index in [1.54, 1.807) is 25.6 Å². The Balaban J connectivity index is 1.47. The Morgan fingerprint density at radius 2 is 2.07 bits per heavy atom. The standard InChI is InChI=1S/C20H19N3O3S2/c1-25-15-6-5-12(10-16(15)26-2)13-4-3-7-22(13)19(24)17-11-14-18(28-17)21-20-23(14)8-9-27-20/h5-6,8-11,13H,3-4,7H2,1-2H3/t13-/m1/s1. The summed E-state index contributed by atoms with van der Waals surface area (Å²) in [6.07, 6.45) is 3.93. The van der Waals surface area contributed by atoms with Crippen molar-refractivity contribution in [2.45, 2.75) is 18.9 Å². The molecule has 3 aromatic heterocycles. The molecule has 6 nitrogen and oxygen atoms in total. The van der Waals surface area contributed by atoms with Crippen LogP contribution in [-0.2, 0) is 0 Å². The van der Waals surface area contributed by atoms with E-state index in [-0.39, 0.29) is 11.9 Å². The van der Waals surface area contributed by atoms with Crippen LogP contribution in [0.2, 0.25) is 0 Å². The van der Waals surface area contributed by atoms with Crippen LogP contribution >= 0.6 is 22.7 Å². The lowest BCUT2D eigenvalue weighted by Gasteiger charge is -2.25. The molecule has 1 saturated heterocycles. The third kappa shape index (κ3) is 2.67. The predicted octanol–water partition coefficient (Wildman–Crippen LogP) is 4.61. The first-order chi connectivity index (χ1) is 13.7. The van der Waals surface area contributed by atoms with Crippen molar-refractivity contribution >= 4 is 43.9 Å². The first-order valence-electron chi connectivity index (χ1n) is 9.07. The van der Waals surface area contributed by atoms with Gasteiger partial charge in [-0.1, -0.05) is 6.07 Å². The summed E-state index contributed by atoms with van der Waals surface area (Å²) in [6.45, 7) is 0.758. The molecule has 8 heteroatoms. The molecule has 0 spiro atoms. The van der Waals surface area contributed by atoms with Crippen LogP contribution in [-0.4, -0.2) is 41.0 Å². The van der Waals surface area contributed by atoms with Gasteiger partial charge >= 0.3 is 0 Å². The Kier molecular flexibility index (Phi) is 4.25. The fourth-order valence-electron chi connectivity index (χ4n) is 3.91. The second-order valence-corrected chi connectivity index (χ2v) is 8.64. The minimum Gasteiger partial charge on any atom is -0.493 e. The molecule has 1 aromatic carbocycles. The number of carbonyl (C=O) groups excluding carboxylic acids is 1. The molecule has 5 rings (SSSR count). The summed E-state index contributed by atoms with van der Waals surface area (Å²) in [7, 11) is 3.26. The summed E-state index contributed by atoms with van der Waals surface area (Å²) in [5, 5.41) is 2.01. The molecule has 0 radical (unpaired) electrons. The minimum atomic E-state index is 0.0468. The maximum absolute atomic E-state index is 13.3. The van der Waals surface area contributed by atoms with Crippen LogP contribution in [0.25, 0.3) is 15.3 Å². The van der Waals surface area contributed by atoms with Crippen LogP contribution in [0.5, 0.6) is 11.5 Å². The minimum absolute atomic E-state index is 0.0468. The summed E-state index contributed by atoms with van der Waals surface area (Å²) in [4.78, 5) is 22.5. The number of carbonyl (C=O) groups is 1. The van der Waals surface area contributed by atoms with Gasteiger partial charge in [0.25, 0.3) is 5.91 Å².